The molecule has 2 rings (SSSR count). The number of carbonyl (C=O) groups excluding carboxylic acids is 1. The molecule has 6 heteroatoms. The van der Waals surface area contributed by atoms with E-state index in [0.717, 1.165) is 11.1 Å². The Morgan fingerprint density at radius 3 is 2.75 bits per heavy atom. The Balaban J connectivity index is 1.76. The van der Waals surface area contributed by atoms with E-state index in [9.17, 15) is 9.90 Å². The lowest BCUT2D eigenvalue weighted by molar-refractivity contribution is 0.147. The number of nitrogens with zero attached hydrogens (tertiary/aromatic N) is 2. The lowest BCUT2D eigenvalue weighted by Crippen LogP contribution is -2.39. The van der Waals surface area contributed by atoms with Gasteiger partial charge in [-0.3, -0.25) is 4.68 Å². The molecule has 0 fully saturated rings. The highest BCUT2D eigenvalue weighted by Gasteiger charge is 2.08. The van der Waals surface area contributed by atoms with E-state index in [1.165, 1.54) is 0 Å². The van der Waals surface area contributed by atoms with Crippen LogP contribution in [-0.4, -0.2) is 33.6 Å². The largest absolute Gasteiger partial charge is 0.391 e. The van der Waals surface area contributed by atoms with Gasteiger partial charge in [0.2, 0.25) is 0 Å². The van der Waals surface area contributed by atoms with E-state index in [4.69, 9.17) is 0 Å². The van der Waals surface area contributed by atoms with Gasteiger partial charge in [-0.25, -0.2) is 4.79 Å². The molecule has 0 spiro atoms. The summed E-state index contributed by atoms with van der Waals surface area (Å²) in [5.41, 5.74) is 2.16. The first-order chi connectivity index (χ1) is 11.5. The van der Waals surface area contributed by atoms with Crippen LogP contribution in [0.1, 0.15) is 31.4 Å². The van der Waals surface area contributed by atoms with Crippen molar-refractivity contribution in [1.82, 2.24) is 20.4 Å². The Morgan fingerprint density at radius 2 is 2.04 bits per heavy atom. The van der Waals surface area contributed by atoms with Crippen LogP contribution in [0.2, 0.25) is 0 Å². The van der Waals surface area contributed by atoms with Crippen LogP contribution in [0.5, 0.6) is 0 Å². The molecule has 1 aromatic carbocycles. The molecule has 0 radical (unpaired) electrons. The number of urea groups is 1. The lowest BCUT2D eigenvalue weighted by Gasteiger charge is -2.14. The fraction of sp³-hybridized carbons (Fsp3) is 0.444. The zero-order chi connectivity index (χ0) is 17.4. The van der Waals surface area contributed by atoms with E-state index in [2.05, 4.69) is 21.8 Å². The number of amides is 2. The molecule has 2 amide bonds. The SMILES string of the molecule is CC(C)CC(O)CNC(=O)NCc1cccc(Cn2cccn2)c1. The molecule has 1 unspecified atom stereocenters. The van der Waals surface area contributed by atoms with Crippen molar-refractivity contribution in [2.24, 2.45) is 5.92 Å². The molecule has 3 N–H and O–H groups in total. The number of rotatable bonds is 8. The average molecular weight is 330 g/mol. The minimum absolute atomic E-state index is 0.267. The molecule has 24 heavy (non-hydrogen) atoms. The maximum atomic E-state index is 11.8. The summed E-state index contributed by atoms with van der Waals surface area (Å²) in [5, 5.41) is 19.5. The summed E-state index contributed by atoms with van der Waals surface area (Å²) in [6.07, 6.45) is 3.84. The van der Waals surface area contributed by atoms with E-state index in [1.54, 1.807) is 6.20 Å². The highest BCUT2D eigenvalue weighted by atomic mass is 16.3. The summed E-state index contributed by atoms with van der Waals surface area (Å²) >= 11 is 0. The molecule has 0 saturated heterocycles. The van der Waals surface area contributed by atoms with Crippen LogP contribution in [0.3, 0.4) is 0 Å². The monoisotopic (exact) mass is 330 g/mol. The quantitative estimate of drug-likeness (QED) is 0.694. The molecular formula is C18H26N4O2. The van der Waals surface area contributed by atoms with Gasteiger partial charge in [0.15, 0.2) is 0 Å². The second-order valence-corrected chi connectivity index (χ2v) is 6.37. The summed E-state index contributed by atoms with van der Waals surface area (Å²) in [6, 6.07) is 9.66. The second kappa shape index (κ2) is 9.08. The molecule has 0 aliphatic carbocycles. The Hall–Kier alpha value is -2.34. The molecule has 1 heterocycles. The predicted molar refractivity (Wildman–Crippen MR) is 93.5 cm³/mol. The number of aliphatic hydroxyl groups excluding tert-OH is 1. The summed E-state index contributed by atoms with van der Waals surface area (Å²) < 4.78 is 1.86. The van der Waals surface area contributed by atoms with Gasteiger partial charge in [0.05, 0.1) is 12.6 Å². The highest BCUT2D eigenvalue weighted by molar-refractivity contribution is 5.73. The van der Waals surface area contributed by atoms with Crippen LogP contribution < -0.4 is 10.6 Å². The molecule has 0 aliphatic rings. The third kappa shape index (κ3) is 6.42. The summed E-state index contributed by atoms with van der Waals surface area (Å²) in [4.78, 5) is 11.8. The molecule has 1 atom stereocenters. The highest BCUT2D eigenvalue weighted by Crippen LogP contribution is 2.07. The van der Waals surface area contributed by atoms with Crippen molar-refractivity contribution < 1.29 is 9.90 Å². The molecule has 130 valence electrons. The van der Waals surface area contributed by atoms with Crippen LogP contribution >= 0.6 is 0 Å². The Kier molecular flexibility index (Phi) is 6.81. The third-order valence-corrected chi connectivity index (χ3v) is 3.59. The molecule has 6 nitrogen and oxygen atoms in total. The van der Waals surface area contributed by atoms with Crippen molar-refractivity contribution in [3.63, 3.8) is 0 Å². The smallest absolute Gasteiger partial charge is 0.315 e. The first-order valence-corrected chi connectivity index (χ1v) is 8.28. The van der Waals surface area contributed by atoms with E-state index >= 15 is 0 Å². The van der Waals surface area contributed by atoms with E-state index in [1.807, 2.05) is 49.0 Å². The number of benzene rings is 1. The molecule has 0 aliphatic heterocycles. The summed E-state index contributed by atoms with van der Waals surface area (Å²) in [6.45, 7) is 5.50. The van der Waals surface area contributed by atoms with Gasteiger partial charge >= 0.3 is 6.03 Å². The van der Waals surface area contributed by atoms with Gasteiger partial charge in [-0.2, -0.15) is 5.10 Å². The van der Waals surface area contributed by atoms with Crippen LogP contribution in [0.15, 0.2) is 42.7 Å². The normalized spacial score (nSPS) is 12.2. The van der Waals surface area contributed by atoms with E-state index in [0.29, 0.717) is 25.4 Å². The van der Waals surface area contributed by atoms with Crippen LogP contribution in [0, 0.1) is 5.92 Å². The van der Waals surface area contributed by atoms with Gasteiger partial charge in [0.25, 0.3) is 0 Å². The third-order valence-electron chi connectivity index (χ3n) is 3.59. The number of hydrogen-bond acceptors (Lipinski definition) is 3. The van der Waals surface area contributed by atoms with Crippen molar-refractivity contribution in [1.29, 1.82) is 0 Å². The second-order valence-electron chi connectivity index (χ2n) is 6.37. The fourth-order valence-corrected chi connectivity index (χ4v) is 2.50. The number of hydrogen-bond donors (Lipinski definition) is 3. The van der Waals surface area contributed by atoms with Gasteiger partial charge < -0.3 is 15.7 Å². The van der Waals surface area contributed by atoms with Gasteiger partial charge in [0, 0.05) is 25.5 Å². The molecule has 2 aromatic rings. The van der Waals surface area contributed by atoms with Crippen LogP contribution in [-0.2, 0) is 13.1 Å². The Labute approximate surface area is 142 Å². The zero-order valence-corrected chi connectivity index (χ0v) is 14.3. The predicted octanol–water partition coefficient (Wildman–Crippen LogP) is 2.14. The molecule has 1 aromatic heterocycles. The van der Waals surface area contributed by atoms with Gasteiger partial charge in [-0.15, -0.1) is 0 Å². The Morgan fingerprint density at radius 1 is 1.25 bits per heavy atom. The minimum Gasteiger partial charge on any atom is -0.391 e. The standard InChI is InChI=1S/C18H26N4O2/c1-14(2)9-17(23)12-20-18(24)19-11-15-5-3-6-16(10-15)13-22-8-4-7-21-22/h3-8,10,14,17,23H,9,11-13H2,1-2H3,(H2,19,20,24). The van der Waals surface area contributed by atoms with E-state index in [-0.39, 0.29) is 12.6 Å². The van der Waals surface area contributed by atoms with Crippen molar-refractivity contribution in [3.05, 3.63) is 53.9 Å². The van der Waals surface area contributed by atoms with Gasteiger partial charge in [-0.1, -0.05) is 38.1 Å². The minimum atomic E-state index is -0.506. The van der Waals surface area contributed by atoms with Crippen LogP contribution in [0.4, 0.5) is 4.79 Å². The topological polar surface area (TPSA) is 79.2 Å². The lowest BCUT2D eigenvalue weighted by atomic mass is 10.1. The van der Waals surface area contributed by atoms with Crippen molar-refractivity contribution in [3.8, 4) is 0 Å². The van der Waals surface area contributed by atoms with Crippen molar-refractivity contribution in [2.75, 3.05) is 6.54 Å². The molecule has 0 saturated carbocycles. The first kappa shape index (κ1) is 18.0. The summed E-state index contributed by atoms with van der Waals surface area (Å²) in [7, 11) is 0. The number of nitrogens with one attached hydrogen (secondary N) is 2. The maximum absolute atomic E-state index is 11.8. The fourth-order valence-electron chi connectivity index (χ4n) is 2.50. The number of aromatic nitrogens is 2. The zero-order valence-electron chi connectivity index (χ0n) is 14.3. The van der Waals surface area contributed by atoms with Crippen LogP contribution in [0.25, 0.3) is 0 Å². The number of carbonyl (C=O) groups is 1. The number of aliphatic hydroxyl groups is 1. The first-order valence-electron chi connectivity index (χ1n) is 8.28. The molecule has 0 bridgehead atoms. The van der Waals surface area contributed by atoms with Gasteiger partial charge in [0.1, 0.15) is 0 Å². The van der Waals surface area contributed by atoms with E-state index < -0.39 is 6.10 Å². The van der Waals surface area contributed by atoms with Crippen molar-refractivity contribution >= 4 is 6.03 Å². The maximum Gasteiger partial charge on any atom is 0.315 e. The average Bonchev–Trinajstić information content (AvgIpc) is 3.03. The van der Waals surface area contributed by atoms with Gasteiger partial charge in [-0.05, 0) is 29.5 Å². The van der Waals surface area contributed by atoms with Crippen molar-refractivity contribution in [2.45, 2.75) is 39.5 Å². The Bertz CT molecular complexity index is 626. The summed E-state index contributed by atoms with van der Waals surface area (Å²) in [5.74, 6) is 0.405. The molecular weight excluding hydrogens is 304 g/mol.